The number of likely N-dealkylation sites (tertiary alicyclic amines) is 1. The average Bonchev–Trinajstić information content (AvgIpc) is 3.67. The molecule has 1 atom stereocenters. The van der Waals surface area contributed by atoms with E-state index >= 15 is 4.39 Å². The molecule has 1 spiro atoms. The third-order valence-corrected chi connectivity index (χ3v) is 8.90. The fourth-order valence-electron chi connectivity index (χ4n) is 6.73. The molecule has 4 aromatic heterocycles. The summed E-state index contributed by atoms with van der Waals surface area (Å²) < 4.78 is 30.5. The number of nitrogens with one attached hydrogen (secondary N) is 3. The van der Waals surface area contributed by atoms with Crippen molar-refractivity contribution in [3.05, 3.63) is 58.1 Å². The number of carboxylic acid groups (broad SMARTS) is 1. The second-order valence-corrected chi connectivity index (χ2v) is 11.0. The number of H-pyrrole nitrogens is 2. The van der Waals surface area contributed by atoms with Gasteiger partial charge in [-0.2, -0.15) is 0 Å². The van der Waals surface area contributed by atoms with Gasteiger partial charge in [-0.15, -0.1) is 0 Å². The van der Waals surface area contributed by atoms with Crippen molar-refractivity contribution in [3.8, 4) is 11.1 Å². The molecule has 0 aliphatic carbocycles. The molecule has 6 heterocycles. The number of carbonyl (C=O) groups is 1. The van der Waals surface area contributed by atoms with Gasteiger partial charge in [0.25, 0.3) is 0 Å². The predicted molar refractivity (Wildman–Crippen MR) is 153 cm³/mol. The Kier molecular flexibility index (Phi) is 5.55. The minimum absolute atomic E-state index is 0.0337. The van der Waals surface area contributed by atoms with E-state index in [0.717, 1.165) is 38.1 Å². The summed E-state index contributed by atoms with van der Waals surface area (Å²) in [5.74, 6) is -3.30. The number of benzene rings is 1. The summed E-state index contributed by atoms with van der Waals surface area (Å²) in [5.41, 5.74) is 2.11. The maximum atomic E-state index is 15.6. The number of fused-ring (bicyclic) bond motifs is 4. The maximum absolute atomic E-state index is 15.6. The number of anilines is 2. The average molecular weight is 560 g/mol. The molecule has 2 aliphatic heterocycles. The summed E-state index contributed by atoms with van der Waals surface area (Å²) in [7, 11) is 3.76. The quantitative estimate of drug-likeness (QED) is 0.256. The standard InChI is InChI=1S/C29H27F2N7O3/c1-32-19-9-18(30)22(31)20-21-24(38-7-5-29(13-38)4-3-6-37(29)2)16(11-35-27(21)36-23(19)20)14-8-15-25(39)17(28(40)41)12-34-26(15)33-10-14/h8-12,32H,3-7,13H2,1-2H3,(H,35,36)(H,40,41)(H,33,34,39). The highest BCUT2D eigenvalue weighted by Crippen LogP contribution is 2.47. The van der Waals surface area contributed by atoms with Gasteiger partial charge in [0.1, 0.15) is 16.9 Å². The molecule has 1 unspecified atom stereocenters. The van der Waals surface area contributed by atoms with E-state index < -0.39 is 28.6 Å². The van der Waals surface area contributed by atoms with Crippen molar-refractivity contribution in [1.29, 1.82) is 0 Å². The summed E-state index contributed by atoms with van der Waals surface area (Å²) in [6, 6.07) is 2.70. The molecule has 2 fully saturated rings. The van der Waals surface area contributed by atoms with E-state index in [1.807, 2.05) is 0 Å². The van der Waals surface area contributed by atoms with Crippen LogP contribution in [0.25, 0.3) is 44.1 Å². The van der Waals surface area contributed by atoms with Crippen LogP contribution >= 0.6 is 0 Å². The zero-order chi connectivity index (χ0) is 28.6. The number of aromatic nitrogens is 4. The second kappa shape index (κ2) is 8.96. The lowest BCUT2D eigenvalue weighted by Crippen LogP contribution is -2.43. The molecule has 12 heteroatoms. The van der Waals surface area contributed by atoms with Gasteiger partial charge in [-0.1, -0.05) is 0 Å². The van der Waals surface area contributed by atoms with E-state index in [-0.39, 0.29) is 22.0 Å². The highest BCUT2D eigenvalue weighted by atomic mass is 19.2. The number of hydrogen-bond donors (Lipinski definition) is 4. The van der Waals surface area contributed by atoms with Gasteiger partial charge in [0.05, 0.1) is 33.1 Å². The van der Waals surface area contributed by atoms with Crippen LogP contribution in [0.3, 0.4) is 0 Å². The lowest BCUT2D eigenvalue weighted by atomic mass is 9.95. The van der Waals surface area contributed by atoms with Crippen LogP contribution in [0.5, 0.6) is 0 Å². The Hall–Kier alpha value is -4.58. The van der Waals surface area contributed by atoms with Gasteiger partial charge in [0, 0.05) is 61.5 Å². The minimum Gasteiger partial charge on any atom is -0.477 e. The molecule has 0 radical (unpaired) electrons. The van der Waals surface area contributed by atoms with E-state index in [9.17, 15) is 19.1 Å². The monoisotopic (exact) mass is 559 g/mol. The zero-order valence-corrected chi connectivity index (χ0v) is 22.4. The van der Waals surface area contributed by atoms with E-state index in [2.05, 4.69) is 42.1 Å². The van der Waals surface area contributed by atoms with Crippen LogP contribution in [0.1, 0.15) is 29.6 Å². The number of halogens is 2. The van der Waals surface area contributed by atoms with Gasteiger partial charge in [-0.3, -0.25) is 9.69 Å². The Bertz CT molecular complexity index is 1970. The molecule has 4 N–H and O–H groups in total. The van der Waals surface area contributed by atoms with Gasteiger partial charge in [-0.05, 0) is 38.9 Å². The van der Waals surface area contributed by atoms with Crippen molar-refractivity contribution in [2.75, 3.05) is 43.9 Å². The Labute approximate surface area is 232 Å². The number of nitrogens with zero attached hydrogens (tertiary/aromatic N) is 4. The summed E-state index contributed by atoms with van der Waals surface area (Å²) in [6.45, 7) is 2.36. The van der Waals surface area contributed by atoms with Crippen molar-refractivity contribution >= 4 is 50.3 Å². The Morgan fingerprint density at radius 1 is 1.12 bits per heavy atom. The first-order chi connectivity index (χ1) is 19.7. The number of likely N-dealkylation sites (N-methyl/N-ethyl adjacent to an activating group) is 1. The van der Waals surface area contributed by atoms with Crippen molar-refractivity contribution in [2.24, 2.45) is 0 Å². The first-order valence-electron chi connectivity index (χ1n) is 13.4. The number of rotatable bonds is 4. The van der Waals surface area contributed by atoms with Crippen LogP contribution in [-0.4, -0.2) is 75.2 Å². The molecule has 5 aromatic rings. The normalized spacial score (nSPS) is 19.4. The lowest BCUT2D eigenvalue weighted by molar-refractivity contribution is 0.0695. The maximum Gasteiger partial charge on any atom is 0.341 e. The van der Waals surface area contributed by atoms with Crippen LogP contribution in [0.2, 0.25) is 0 Å². The molecule has 1 aromatic carbocycles. The molecule has 0 amide bonds. The fourth-order valence-corrected chi connectivity index (χ4v) is 6.73. The molecular formula is C29H27F2N7O3. The molecule has 2 saturated heterocycles. The molecule has 2 aliphatic rings. The number of aromatic carboxylic acids is 1. The smallest absolute Gasteiger partial charge is 0.341 e. The Balaban J connectivity index is 1.54. The molecule has 0 saturated carbocycles. The third-order valence-electron chi connectivity index (χ3n) is 8.90. The summed E-state index contributed by atoms with van der Waals surface area (Å²) >= 11 is 0. The number of aromatic amines is 2. The molecule has 0 bridgehead atoms. The van der Waals surface area contributed by atoms with Crippen LogP contribution in [-0.2, 0) is 0 Å². The van der Waals surface area contributed by atoms with Crippen molar-refractivity contribution < 1.29 is 18.7 Å². The molecule has 41 heavy (non-hydrogen) atoms. The summed E-state index contributed by atoms with van der Waals surface area (Å²) in [6.07, 6.45) is 7.37. The van der Waals surface area contributed by atoms with E-state index in [1.54, 1.807) is 25.5 Å². The van der Waals surface area contributed by atoms with Gasteiger partial charge >= 0.3 is 5.97 Å². The summed E-state index contributed by atoms with van der Waals surface area (Å²) in [5, 5.41) is 13.1. The van der Waals surface area contributed by atoms with Crippen molar-refractivity contribution in [3.63, 3.8) is 0 Å². The number of pyridine rings is 3. The van der Waals surface area contributed by atoms with Crippen LogP contribution in [0.4, 0.5) is 20.2 Å². The topological polar surface area (TPSA) is 130 Å². The number of hydrogen-bond acceptors (Lipinski definition) is 7. The predicted octanol–water partition coefficient (Wildman–Crippen LogP) is 4.31. The van der Waals surface area contributed by atoms with E-state index in [0.29, 0.717) is 52.1 Å². The van der Waals surface area contributed by atoms with Gasteiger partial charge in [0.2, 0.25) is 5.43 Å². The largest absolute Gasteiger partial charge is 0.477 e. The Morgan fingerprint density at radius 3 is 2.66 bits per heavy atom. The van der Waals surface area contributed by atoms with Crippen LogP contribution in [0.15, 0.2) is 35.5 Å². The Morgan fingerprint density at radius 2 is 1.93 bits per heavy atom. The van der Waals surface area contributed by atoms with Crippen molar-refractivity contribution in [1.82, 2.24) is 24.8 Å². The molecule has 7 rings (SSSR count). The second-order valence-electron chi connectivity index (χ2n) is 11.0. The highest BCUT2D eigenvalue weighted by Gasteiger charge is 2.45. The van der Waals surface area contributed by atoms with Gasteiger partial charge in [-0.25, -0.2) is 23.5 Å². The highest BCUT2D eigenvalue weighted by molar-refractivity contribution is 6.18. The molecular weight excluding hydrogens is 532 g/mol. The first-order valence-corrected chi connectivity index (χ1v) is 13.4. The summed E-state index contributed by atoms with van der Waals surface area (Å²) in [4.78, 5) is 44.2. The van der Waals surface area contributed by atoms with E-state index in [1.165, 1.54) is 0 Å². The van der Waals surface area contributed by atoms with Crippen LogP contribution < -0.4 is 15.6 Å². The fraction of sp³-hybridized carbons (Fsp3) is 0.310. The third kappa shape index (κ3) is 3.63. The van der Waals surface area contributed by atoms with Gasteiger partial charge < -0.3 is 25.3 Å². The number of carboxylic acids is 1. The van der Waals surface area contributed by atoms with E-state index in [4.69, 9.17) is 0 Å². The van der Waals surface area contributed by atoms with Crippen molar-refractivity contribution in [2.45, 2.75) is 24.8 Å². The zero-order valence-electron chi connectivity index (χ0n) is 22.4. The minimum atomic E-state index is -1.35. The molecule has 210 valence electrons. The molecule has 10 nitrogen and oxygen atoms in total. The SMILES string of the molecule is CNc1cc(F)c(F)c2c1[nH]c1ncc(-c3cnc4[nH]cc(C(=O)O)c(=O)c4c3)c(N3CCC4(CCCN4C)C3)c12. The first kappa shape index (κ1) is 25.4. The van der Waals surface area contributed by atoms with Gasteiger partial charge in [0.15, 0.2) is 11.6 Å². The lowest BCUT2D eigenvalue weighted by Gasteiger charge is -2.33. The van der Waals surface area contributed by atoms with Crippen LogP contribution in [0, 0.1) is 11.6 Å².